The number of nitrogens with two attached hydrogens (primary N) is 1. The highest BCUT2D eigenvalue weighted by molar-refractivity contribution is 5.37. The highest BCUT2D eigenvalue weighted by Gasteiger charge is 2.41. The van der Waals surface area contributed by atoms with Crippen LogP contribution in [-0.2, 0) is 0 Å². The second kappa shape index (κ2) is 5.60. The highest BCUT2D eigenvalue weighted by Crippen LogP contribution is 2.49. The van der Waals surface area contributed by atoms with E-state index in [9.17, 15) is 0 Å². The van der Waals surface area contributed by atoms with Gasteiger partial charge in [-0.3, -0.25) is 5.43 Å². The number of hydrogen-bond donors (Lipinski definition) is 3. The van der Waals surface area contributed by atoms with Crippen LogP contribution in [0.1, 0.15) is 32.6 Å². The summed E-state index contributed by atoms with van der Waals surface area (Å²) >= 11 is 0. The van der Waals surface area contributed by atoms with Gasteiger partial charge in [0.25, 0.3) is 5.95 Å². The average Bonchev–Trinajstić information content (AvgIpc) is 3.05. The van der Waals surface area contributed by atoms with Gasteiger partial charge in [-0.15, -0.1) is 0 Å². The largest absolute Gasteiger partial charge is 0.353 e. The van der Waals surface area contributed by atoms with E-state index in [4.69, 9.17) is 5.84 Å². The molecule has 0 aliphatic heterocycles. The van der Waals surface area contributed by atoms with Crippen molar-refractivity contribution >= 4 is 11.9 Å². The van der Waals surface area contributed by atoms with Crippen LogP contribution in [0.2, 0.25) is 0 Å². The van der Waals surface area contributed by atoms with Gasteiger partial charge in [0.2, 0.25) is 11.9 Å². The van der Waals surface area contributed by atoms with Crippen LogP contribution < -0.4 is 16.6 Å². The number of rotatable bonds is 7. The number of nitrogens with zero attached hydrogens (tertiary/aromatic N) is 6. The van der Waals surface area contributed by atoms with Crippen molar-refractivity contribution in [3.8, 4) is 5.95 Å². The van der Waals surface area contributed by atoms with Crippen molar-refractivity contribution in [1.29, 1.82) is 0 Å². The number of anilines is 2. The Morgan fingerprint density at radius 2 is 2.10 bits per heavy atom. The number of hydrogen-bond acceptors (Lipinski definition) is 8. The first-order chi connectivity index (χ1) is 10.2. The number of hydrazine groups is 1. The van der Waals surface area contributed by atoms with Crippen LogP contribution in [0.5, 0.6) is 0 Å². The van der Waals surface area contributed by atoms with E-state index in [1.54, 1.807) is 0 Å². The lowest BCUT2D eigenvalue weighted by Gasteiger charge is -2.15. The van der Waals surface area contributed by atoms with E-state index < -0.39 is 0 Å². The molecule has 0 saturated heterocycles. The van der Waals surface area contributed by atoms with E-state index in [1.807, 2.05) is 0 Å². The molecule has 0 spiro atoms. The molecule has 1 aliphatic rings. The Morgan fingerprint density at radius 1 is 1.29 bits per heavy atom. The molecule has 0 bridgehead atoms. The summed E-state index contributed by atoms with van der Waals surface area (Å²) in [6, 6.07) is 0. The van der Waals surface area contributed by atoms with Crippen LogP contribution in [0.15, 0.2) is 12.7 Å². The van der Waals surface area contributed by atoms with Gasteiger partial charge < -0.3 is 5.32 Å². The van der Waals surface area contributed by atoms with Crippen molar-refractivity contribution in [3.63, 3.8) is 0 Å². The Morgan fingerprint density at radius 3 is 2.71 bits per heavy atom. The van der Waals surface area contributed by atoms with E-state index in [2.05, 4.69) is 42.7 Å². The minimum atomic E-state index is 0.290. The van der Waals surface area contributed by atoms with Crippen LogP contribution in [0.3, 0.4) is 0 Å². The molecule has 0 radical (unpaired) electrons. The maximum Gasteiger partial charge on any atom is 0.258 e. The van der Waals surface area contributed by atoms with Crippen molar-refractivity contribution in [2.75, 3.05) is 17.3 Å². The Hall–Kier alpha value is -2.29. The van der Waals surface area contributed by atoms with Crippen LogP contribution in [0, 0.1) is 5.41 Å². The van der Waals surface area contributed by atoms with Gasteiger partial charge in [-0.05, 0) is 24.7 Å². The second-order valence-corrected chi connectivity index (χ2v) is 5.37. The van der Waals surface area contributed by atoms with Gasteiger partial charge in [-0.2, -0.15) is 24.7 Å². The van der Waals surface area contributed by atoms with Crippen molar-refractivity contribution in [3.05, 3.63) is 12.7 Å². The van der Waals surface area contributed by atoms with Crippen LogP contribution in [0.4, 0.5) is 11.9 Å². The number of nitrogen functional groups attached to an aromatic ring is 1. The van der Waals surface area contributed by atoms with Crippen LogP contribution in [-0.4, -0.2) is 36.3 Å². The molecule has 0 amide bonds. The van der Waals surface area contributed by atoms with Gasteiger partial charge in [0, 0.05) is 6.54 Å². The van der Waals surface area contributed by atoms with Gasteiger partial charge in [-0.25, -0.2) is 10.8 Å². The first-order valence-electron chi connectivity index (χ1n) is 7.06. The minimum absolute atomic E-state index is 0.290. The second-order valence-electron chi connectivity index (χ2n) is 5.37. The Labute approximate surface area is 122 Å². The predicted octanol–water partition coefficient (Wildman–Crippen LogP) is 0.730. The van der Waals surface area contributed by atoms with Gasteiger partial charge in [-0.1, -0.05) is 13.3 Å². The standard InChI is InChI=1S/C12H19N9/c1-2-3-12(4-5-12)6-15-9-17-10(20-13)19-11(18-9)21-8-14-7-16-21/h7-8H,2-6,13H2,1H3,(H2,15,17,18,19,20). The van der Waals surface area contributed by atoms with Gasteiger partial charge in [0.1, 0.15) is 12.7 Å². The summed E-state index contributed by atoms with van der Waals surface area (Å²) in [5, 5.41) is 7.30. The van der Waals surface area contributed by atoms with E-state index in [-0.39, 0.29) is 0 Å². The Kier molecular flexibility index (Phi) is 3.65. The topological polar surface area (TPSA) is 119 Å². The molecule has 0 unspecified atom stereocenters. The van der Waals surface area contributed by atoms with Crippen molar-refractivity contribution in [1.82, 2.24) is 29.7 Å². The van der Waals surface area contributed by atoms with Gasteiger partial charge in [0.15, 0.2) is 0 Å². The molecule has 21 heavy (non-hydrogen) atoms. The molecule has 112 valence electrons. The van der Waals surface area contributed by atoms with E-state index >= 15 is 0 Å². The lowest BCUT2D eigenvalue weighted by Crippen LogP contribution is -2.20. The highest BCUT2D eigenvalue weighted by atomic mass is 15.4. The third kappa shape index (κ3) is 3.07. The van der Waals surface area contributed by atoms with Crippen molar-refractivity contribution < 1.29 is 0 Å². The number of nitrogens with one attached hydrogen (secondary N) is 2. The molecule has 2 heterocycles. The quantitative estimate of drug-likeness (QED) is 0.504. The smallest absolute Gasteiger partial charge is 0.258 e. The SMILES string of the molecule is CCCC1(CNc2nc(NN)nc(-n3cncn3)n2)CC1. The zero-order chi connectivity index (χ0) is 14.7. The van der Waals surface area contributed by atoms with Gasteiger partial charge in [0.05, 0.1) is 0 Å². The first-order valence-corrected chi connectivity index (χ1v) is 7.06. The minimum Gasteiger partial charge on any atom is -0.353 e. The maximum atomic E-state index is 5.41. The summed E-state index contributed by atoms with van der Waals surface area (Å²) in [4.78, 5) is 16.6. The molecule has 9 heteroatoms. The summed E-state index contributed by atoms with van der Waals surface area (Å²) < 4.78 is 1.46. The third-order valence-corrected chi connectivity index (χ3v) is 3.74. The summed E-state index contributed by atoms with van der Waals surface area (Å²) in [6.45, 7) is 3.08. The molecule has 2 aromatic rings. The van der Waals surface area contributed by atoms with Crippen molar-refractivity contribution in [2.24, 2.45) is 11.3 Å². The van der Waals surface area contributed by atoms with Crippen LogP contribution in [0.25, 0.3) is 5.95 Å². The summed E-state index contributed by atoms with van der Waals surface area (Å²) in [5.74, 6) is 6.56. The first kappa shape index (κ1) is 13.7. The molecule has 2 aromatic heterocycles. The molecule has 0 atom stereocenters. The molecule has 9 nitrogen and oxygen atoms in total. The van der Waals surface area contributed by atoms with Crippen LogP contribution >= 0.6 is 0 Å². The maximum absolute atomic E-state index is 5.41. The number of aromatic nitrogens is 6. The summed E-state index contributed by atoms with van der Waals surface area (Å²) in [7, 11) is 0. The normalized spacial score (nSPS) is 15.7. The predicted molar refractivity (Wildman–Crippen MR) is 77.6 cm³/mol. The summed E-state index contributed by atoms with van der Waals surface area (Å²) in [6.07, 6.45) is 7.89. The fourth-order valence-corrected chi connectivity index (χ4v) is 2.41. The molecule has 3 rings (SSSR count). The fraction of sp³-hybridized carbons (Fsp3) is 0.583. The lowest BCUT2D eigenvalue weighted by molar-refractivity contribution is 0.484. The Balaban J connectivity index is 1.77. The van der Waals surface area contributed by atoms with E-state index in [0.29, 0.717) is 23.3 Å². The third-order valence-electron chi connectivity index (χ3n) is 3.74. The molecule has 0 aromatic carbocycles. The molecular formula is C12H19N9. The van der Waals surface area contributed by atoms with E-state index in [0.717, 1.165) is 6.54 Å². The fourth-order valence-electron chi connectivity index (χ4n) is 2.41. The summed E-state index contributed by atoms with van der Waals surface area (Å²) in [5.41, 5.74) is 2.85. The molecule has 1 saturated carbocycles. The average molecular weight is 289 g/mol. The zero-order valence-electron chi connectivity index (χ0n) is 12.0. The lowest BCUT2D eigenvalue weighted by atomic mass is 10.0. The van der Waals surface area contributed by atoms with E-state index in [1.165, 1.54) is 43.0 Å². The molecular weight excluding hydrogens is 270 g/mol. The zero-order valence-corrected chi connectivity index (χ0v) is 12.0. The van der Waals surface area contributed by atoms with Crippen molar-refractivity contribution in [2.45, 2.75) is 32.6 Å². The Bertz CT molecular complexity index is 591. The molecule has 1 fully saturated rings. The monoisotopic (exact) mass is 289 g/mol. The molecule has 4 N–H and O–H groups in total. The molecule has 1 aliphatic carbocycles. The van der Waals surface area contributed by atoms with Gasteiger partial charge >= 0.3 is 0 Å².